The number of nitrogens with zero attached hydrogens (tertiary/aromatic N) is 1. The van der Waals surface area contributed by atoms with Gasteiger partial charge in [-0.1, -0.05) is 30.3 Å². The molecule has 1 amide bonds. The first-order valence-corrected chi connectivity index (χ1v) is 6.22. The number of carbonyl (C=O) groups is 1. The highest BCUT2D eigenvalue weighted by atomic mass is 16.6. The fraction of sp³-hybridized carbons (Fsp3) is 0.500. The third-order valence-electron chi connectivity index (χ3n) is 3.48. The maximum atomic E-state index is 11.7. The van der Waals surface area contributed by atoms with Gasteiger partial charge in [-0.05, 0) is 25.8 Å². The molecule has 0 bridgehead atoms. The Morgan fingerprint density at radius 3 is 2.76 bits per heavy atom. The van der Waals surface area contributed by atoms with Gasteiger partial charge in [0.1, 0.15) is 0 Å². The average Bonchev–Trinajstić information content (AvgIpc) is 2.72. The van der Waals surface area contributed by atoms with Crippen LogP contribution in [0.2, 0.25) is 0 Å². The zero-order valence-corrected chi connectivity index (χ0v) is 10.4. The van der Waals surface area contributed by atoms with Gasteiger partial charge < -0.3 is 9.64 Å². The first-order valence-electron chi connectivity index (χ1n) is 6.22. The smallest absolute Gasteiger partial charge is 0.410 e. The molecular formula is C14H19NO2. The van der Waals surface area contributed by atoms with Gasteiger partial charge in [0.25, 0.3) is 0 Å². The van der Waals surface area contributed by atoms with Crippen LogP contribution in [0, 0.1) is 0 Å². The SMILES string of the molecule is CCOC(=O)N1CCC(c2ccccc2)C1C. The van der Waals surface area contributed by atoms with Gasteiger partial charge >= 0.3 is 6.09 Å². The highest BCUT2D eigenvalue weighted by Gasteiger charge is 2.35. The number of hydrogen-bond acceptors (Lipinski definition) is 2. The molecule has 1 aliphatic rings. The molecule has 17 heavy (non-hydrogen) atoms. The van der Waals surface area contributed by atoms with E-state index in [2.05, 4.69) is 31.2 Å². The van der Waals surface area contributed by atoms with Crippen LogP contribution in [0.1, 0.15) is 31.7 Å². The third-order valence-corrected chi connectivity index (χ3v) is 3.48. The quantitative estimate of drug-likeness (QED) is 0.785. The molecule has 0 aliphatic carbocycles. The number of amides is 1. The lowest BCUT2D eigenvalue weighted by Gasteiger charge is -2.24. The second kappa shape index (κ2) is 5.21. The topological polar surface area (TPSA) is 29.5 Å². The maximum Gasteiger partial charge on any atom is 0.410 e. The minimum atomic E-state index is -0.182. The second-order valence-electron chi connectivity index (χ2n) is 4.44. The van der Waals surface area contributed by atoms with E-state index >= 15 is 0 Å². The van der Waals surface area contributed by atoms with Crippen molar-refractivity contribution in [1.82, 2.24) is 4.90 Å². The van der Waals surface area contributed by atoms with Gasteiger partial charge in [-0.2, -0.15) is 0 Å². The minimum absolute atomic E-state index is 0.182. The lowest BCUT2D eigenvalue weighted by molar-refractivity contribution is 0.104. The lowest BCUT2D eigenvalue weighted by atomic mass is 9.93. The van der Waals surface area contributed by atoms with E-state index in [0.717, 1.165) is 13.0 Å². The van der Waals surface area contributed by atoms with Crippen LogP contribution < -0.4 is 0 Å². The van der Waals surface area contributed by atoms with Crippen molar-refractivity contribution in [3.63, 3.8) is 0 Å². The minimum Gasteiger partial charge on any atom is -0.450 e. The average molecular weight is 233 g/mol. The van der Waals surface area contributed by atoms with Crippen molar-refractivity contribution in [2.24, 2.45) is 0 Å². The number of ether oxygens (including phenoxy) is 1. The van der Waals surface area contributed by atoms with Crippen molar-refractivity contribution in [2.75, 3.05) is 13.2 Å². The van der Waals surface area contributed by atoms with Gasteiger partial charge in [-0.25, -0.2) is 4.79 Å². The predicted molar refractivity (Wildman–Crippen MR) is 67.0 cm³/mol. The fourth-order valence-corrected chi connectivity index (χ4v) is 2.55. The highest BCUT2D eigenvalue weighted by Crippen LogP contribution is 2.33. The van der Waals surface area contributed by atoms with Crippen LogP contribution in [0.3, 0.4) is 0 Å². The predicted octanol–water partition coefficient (Wildman–Crippen LogP) is 3.02. The Balaban J connectivity index is 2.07. The molecule has 1 saturated heterocycles. The van der Waals surface area contributed by atoms with Crippen LogP contribution >= 0.6 is 0 Å². The van der Waals surface area contributed by atoms with Crippen LogP contribution in [0.25, 0.3) is 0 Å². The molecule has 3 heteroatoms. The largest absolute Gasteiger partial charge is 0.450 e. The van der Waals surface area contributed by atoms with E-state index in [1.165, 1.54) is 5.56 Å². The first-order chi connectivity index (χ1) is 8.24. The molecule has 0 N–H and O–H groups in total. The van der Waals surface area contributed by atoms with Gasteiger partial charge in [-0.3, -0.25) is 0 Å². The number of benzene rings is 1. The highest BCUT2D eigenvalue weighted by molar-refractivity contribution is 5.68. The Hall–Kier alpha value is -1.51. The van der Waals surface area contributed by atoms with Gasteiger partial charge in [-0.15, -0.1) is 0 Å². The summed E-state index contributed by atoms with van der Waals surface area (Å²) in [6.07, 6.45) is 0.836. The molecule has 0 spiro atoms. The molecule has 2 rings (SSSR count). The lowest BCUT2D eigenvalue weighted by Crippen LogP contribution is -2.35. The van der Waals surface area contributed by atoms with Crippen molar-refractivity contribution in [2.45, 2.75) is 32.2 Å². The molecule has 1 heterocycles. The van der Waals surface area contributed by atoms with E-state index in [1.807, 2.05) is 17.9 Å². The van der Waals surface area contributed by atoms with E-state index in [1.54, 1.807) is 0 Å². The van der Waals surface area contributed by atoms with E-state index < -0.39 is 0 Å². The van der Waals surface area contributed by atoms with Crippen molar-refractivity contribution >= 4 is 6.09 Å². The van der Waals surface area contributed by atoms with Crippen molar-refractivity contribution in [1.29, 1.82) is 0 Å². The van der Waals surface area contributed by atoms with Gasteiger partial charge in [0.2, 0.25) is 0 Å². The number of carbonyl (C=O) groups excluding carboxylic acids is 1. The zero-order valence-electron chi connectivity index (χ0n) is 10.4. The monoisotopic (exact) mass is 233 g/mol. The van der Waals surface area contributed by atoms with E-state index in [-0.39, 0.29) is 12.1 Å². The second-order valence-corrected chi connectivity index (χ2v) is 4.44. The molecule has 0 radical (unpaired) electrons. The third kappa shape index (κ3) is 2.43. The molecule has 1 aliphatic heterocycles. The van der Waals surface area contributed by atoms with Gasteiger partial charge in [0.05, 0.1) is 6.61 Å². The Labute approximate surface area is 102 Å². The molecule has 0 saturated carbocycles. The van der Waals surface area contributed by atoms with E-state index in [4.69, 9.17) is 4.74 Å². The summed E-state index contributed by atoms with van der Waals surface area (Å²) in [5.74, 6) is 0.431. The van der Waals surface area contributed by atoms with E-state index in [9.17, 15) is 4.79 Å². The molecular weight excluding hydrogens is 214 g/mol. The summed E-state index contributed by atoms with van der Waals surface area (Å²) in [5, 5.41) is 0. The molecule has 2 atom stereocenters. The van der Waals surface area contributed by atoms with Crippen molar-refractivity contribution in [3.8, 4) is 0 Å². The number of hydrogen-bond donors (Lipinski definition) is 0. The summed E-state index contributed by atoms with van der Waals surface area (Å²) in [6, 6.07) is 10.6. The normalized spacial score (nSPS) is 23.8. The fourth-order valence-electron chi connectivity index (χ4n) is 2.55. The summed E-state index contributed by atoms with van der Waals surface area (Å²) < 4.78 is 5.07. The van der Waals surface area contributed by atoms with Gasteiger partial charge in [0.15, 0.2) is 0 Å². The number of likely N-dealkylation sites (tertiary alicyclic amines) is 1. The Morgan fingerprint density at radius 1 is 1.41 bits per heavy atom. The summed E-state index contributed by atoms with van der Waals surface area (Å²) in [5.41, 5.74) is 1.31. The van der Waals surface area contributed by atoms with Crippen molar-refractivity contribution < 1.29 is 9.53 Å². The number of rotatable bonds is 2. The van der Waals surface area contributed by atoms with Crippen LogP contribution in [0.4, 0.5) is 4.79 Å². The summed E-state index contributed by atoms with van der Waals surface area (Å²) in [7, 11) is 0. The van der Waals surface area contributed by atoms with Gasteiger partial charge in [0, 0.05) is 18.5 Å². The molecule has 3 nitrogen and oxygen atoms in total. The molecule has 1 aromatic carbocycles. The Morgan fingerprint density at radius 2 is 2.12 bits per heavy atom. The summed E-state index contributed by atoms with van der Waals surface area (Å²) in [4.78, 5) is 13.6. The maximum absolute atomic E-state index is 11.7. The summed E-state index contributed by atoms with van der Waals surface area (Å²) >= 11 is 0. The van der Waals surface area contributed by atoms with Crippen LogP contribution in [0.15, 0.2) is 30.3 Å². The van der Waals surface area contributed by atoms with Crippen LogP contribution in [-0.2, 0) is 4.74 Å². The standard InChI is InChI=1S/C14H19NO2/c1-3-17-14(16)15-10-9-13(11(15)2)12-7-5-4-6-8-12/h4-8,11,13H,3,9-10H2,1-2H3. The molecule has 1 fully saturated rings. The molecule has 2 unspecified atom stereocenters. The summed E-state index contributed by atoms with van der Waals surface area (Å²) in [6.45, 7) is 5.17. The van der Waals surface area contributed by atoms with Crippen molar-refractivity contribution in [3.05, 3.63) is 35.9 Å². The van der Waals surface area contributed by atoms with E-state index in [0.29, 0.717) is 12.5 Å². The Kier molecular flexibility index (Phi) is 3.67. The van der Waals surface area contributed by atoms with Crippen LogP contribution in [-0.4, -0.2) is 30.2 Å². The Bertz CT molecular complexity index is 377. The molecule has 1 aromatic rings. The molecule has 92 valence electrons. The molecule has 0 aromatic heterocycles. The zero-order chi connectivity index (χ0) is 12.3. The first kappa shape index (κ1) is 12.0. The van der Waals surface area contributed by atoms with Crippen LogP contribution in [0.5, 0.6) is 0 Å².